The number of rotatable bonds is 2. The van der Waals surface area contributed by atoms with Crippen molar-refractivity contribution in [1.29, 1.82) is 0 Å². The van der Waals surface area contributed by atoms with Crippen molar-refractivity contribution in [2.24, 2.45) is 11.7 Å². The molecule has 19 heavy (non-hydrogen) atoms. The first-order chi connectivity index (χ1) is 9.36. The van der Waals surface area contributed by atoms with Gasteiger partial charge in [-0.1, -0.05) is 49.9 Å². The first-order valence-corrected chi connectivity index (χ1v) is 7.45. The average molecular weight is 254 g/mol. The Hall–Kier alpha value is -1.41. The summed E-state index contributed by atoms with van der Waals surface area (Å²) in [6.45, 7) is 0. The van der Waals surface area contributed by atoms with Crippen molar-refractivity contribution in [2.45, 2.75) is 44.6 Å². The molecule has 2 nitrogen and oxygen atoms in total. The second-order valence-electron chi connectivity index (χ2n) is 5.69. The molecule has 0 radical (unpaired) electrons. The summed E-state index contributed by atoms with van der Waals surface area (Å²) in [6, 6.07) is 10.6. The van der Waals surface area contributed by atoms with Gasteiger partial charge in [-0.25, -0.2) is 0 Å². The first kappa shape index (κ1) is 12.6. The van der Waals surface area contributed by atoms with Gasteiger partial charge >= 0.3 is 0 Å². The van der Waals surface area contributed by atoms with Crippen molar-refractivity contribution in [3.05, 3.63) is 42.2 Å². The molecule has 0 bridgehead atoms. The number of hydrogen-bond acceptors (Lipinski definition) is 2. The molecule has 1 aliphatic rings. The van der Waals surface area contributed by atoms with Crippen LogP contribution in [0.1, 0.15) is 50.3 Å². The van der Waals surface area contributed by atoms with Crippen molar-refractivity contribution in [3.63, 3.8) is 0 Å². The monoisotopic (exact) mass is 254 g/mol. The van der Waals surface area contributed by atoms with Gasteiger partial charge in [-0.2, -0.15) is 0 Å². The molecule has 3 rings (SSSR count). The van der Waals surface area contributed by atoms with Crippen molar-refractivity contribution in [1.82, 2.24) is 4.98 Å². The lowest BCUT2D eigenvalue weighted by Gasteiger charge is -2.23. The van der Waals surface area contributed by atoms with Crippen LogP contribution in [-0.2, 0) is 0 Å². The standard InChI is InChI=1S/C17H22N2/c18-16(14-8-3-1-2-4-9-14)17-15-10-6-5-7-13(15)11-12-19-17/h5-7,10-12,14,16H,1-4,8-9,18H2. The Bertz CT molecular complexity index is 536. The summed E-state index contributed by atoms with van der Waals surface area (Å²) in [7, 11) is 0. The molecule has 1 aromatic heterocycles. The smallest absolute Gasteiger partial charge is 0.0651 e. The number of aromatic nitrogens is 1. The highest BCUT2D eigenvalue weighted by Crippen LogP contribution is 2.33. The van der Waals surface area contributed by atoms with Gasteiger partial charge < -0.3 is 5.73 Å². The third kappa shape index (κ3) is 2.64. The highest BCUT2D eigenvalue weighted by Gasteiger charge is 2.23. The van der Waals surface area contributed by atoms with Crippen LogP contribution < -0.4 is 5.73 Å². The highest BCUT2D eigenvalue weighted by atomic mass is 14.8. The van der Waals surface area contributed by atoms with Crippen LogP contribution >= 0.6 is 0 Å². The summed E-state index contributed by atoms with van der Waals surface area (Å²) in [6.07, 6.45) is 9.79. The van der Waals surface area contributed by atoms with Crippen LogP contribution in [0.4, 0.5) is 0 Å². The number of nitrogens with zero attached hydrogens (tertiary/aromatic N) is 1. The van der Waals surface area contributed by atoms with Crippen LogP contribution in [0.5, 0.6) is 0 Å². The fraction of sp³-hybridized carbons (Fsp3) is 0.471. The summed E-state index contributed by atoms with van der Waals surface area (Å²) >= 11 is 0. The maximum atomic E-state index is 6.54. The third-order valence-electron chi connectivity index (χ3n) is 4.43. The number of hydrogen-bond donors (Lipinski definition) is 1. The van der Waals surface area contributed by atoms with E-state index < -0.39 is 0 Å². The Morgan fingerprint density at radius 3 is 2.53 bits per heavy atom. The molecule has 1 aromatic carbocycles. The topological polar surface area (TPSA) is 38.9 Å². The Labute approximate surface area is 115 Å². The van der Waals surface area contributed by atoms with Crippen LogP contribution in [0.15, 0.2) is 36.5 Å². The van der Waals surface area contributed by atoms with E-state index in [9.17, 15) is 0 Å². The van der Waals surface area contributed by atoms with E-state index in [0.717, 1.165) is 5.69 Å². The van der Waals surface area contributed by atoms with E-state index >= 15 is 0 Å². The average Bonchev–Trinajstić information content (AvgIpc) is 2.75. The van der Waals surface area contributed by atoms with Crippen LogP contribution in [0.25, 0.3) is 10.8 Å². The van der Waals surface area contributed by atoms with E-state index in [0.29, 0.717) is 5.92 Å². The SMILES string of the molecule is NC(c1nccc2ccccc12)C1CCCCCC1. The molecule has 0 saturated heterocycles. The maximum Gasteiger partial charge on any atom is 0.0651 e. The van der Waals surface area contributed by atoms with E-state index in [4.69, 9.17) is 5.73 Å². The Kier molecular flexibility index (Phi) is 3.79. The van der Waals surface area contributed by atoms with Gasteiger partial charge in [-0.3, -0.25) is 4.98 Å². The Morgan fingerprint density at radius 2 is 1.74 bits per heavy atom. The molecule has 0 amide bonds. The minimum atomic E-state index is 0.0872. The molecule has 1 fully saturated rings. The van der Waals surface area contributed by atoms with Gasteiger partial charge in [0.1, 0.15) is 0 Å². The van der Waals surface area contributed by atoms with Gasteiger partial charge in [-0.15, -0.1) is 0 Å². The largest absolute Gasteiger partial charge is 0.322 e. The summed E-state index contributed by atoms with van der Waals surface area (Å²) in [4.78, 5) is 4.59. The zero-order chi connectivity index (χ0) is 13.1. The van der Waals surface area contributed by atoms with Gasteiger partial charge in [0.05, 0.1) is 11.7 Å². The molecule has 2 aromatic rings. The summed E-state index contributed by atoms with van der Waals surface area (Å²) < 4.78 is 0. The zero-order valence-electron chi connectivity index (χ0n) is 11.4. The van der Waals surface area contributed by atoms with Crippen LogP contribution in [-0.4, -0.2) is 4.98 Å². The number of nitrogens with two attached hydrogens (primary N) is 1. The quantitative estimate of drug-likeness (QED) is 0.815. The van der Waals surface area contributed by atoms with Crippen LogP contribution in [0.2, 0.25) is 0 Å². The second kappa shape index (κ2) is 5.70. The fourth-order valence-electron chi connectivity index (χ4n) is 3.30. The summed E-state index contributed by atoms with van der Waals surface area (Å²) in [5, 5.41) is 2.47. The minimum absolute atomic E-state index is 0.0872. The molecule has 0 spiro atoms. The van der Waals surface area contributed by atoms with Crippen molar-refractivity contribution >= 4 is 10.8 Å². The van der Waals surface area contributed by atoms with Crippen LogP contribution in [0.3, 0.4) is 0 Å². The van der Waals surface area contributed by atoms with E-state index in [1.807, 2.05) is 6.20 Å². The van der Waals surface area contributed by atoms with Crippen LogP contribution in [0, 0.1) is 5.92 Å². The molecule has 2 N–H and O–H groups in total. The highest BCUT2D eigenvalue weighted by molar-refractivity contribution is 5.84. The minimum Gasteiger partial charge on any atom is -0.322 e. The molecular formula is C17H22N2. The molecule has 100 valence electrons. The first-order valence-electron chi connectivity index (χ1n) is 7.45. The molecular weight excluding hydrogens is 232 g/mol. The molecule has 1 heterocycles. The van der Waals surface area contributed by atoms with Gasteiger partial charge in [0.2, 0.25) is 0 Å². The van der Waals surface area contributed by atoms with Crippen molar-refractivity contribution < 1.29 is 0 Å². The fourth-order valence-corrected chi connectivity index (χ4v) is 3.30. The number of fused-ring (bicyclic) bond motifs is 1. The predicted octanol–water partition coefficient (Wildman–Crippen LogP) is 4.21. The van der Waals surface area contributed by atoms with Gasteiger partial charge in [0.15, 0.2) is 0 Å². The lowest BCUT2D eigenvalue weighted by Crippen LogP contribution is -2.22. The molecule has 0 aliphatic heterocycles. The van der Waals surface area contributed by atoms with Gasteiger partial charge in [-0.05, 0) is 30.2 Å². The maximum absolute atomic E-state index is 6.54. The van der Waals surface area contributed by atoms with E-state index in [1.165, 1.54) is 49.3 Å². The molecule has 1 atom stereocenters. The second-order valence-corrected chi connectivity index (χ2v) is 5.69. The Morgan fingerprint density at radius 1 is 1.00 bits per heavy atom. The number of benzene rings is 1. The Balaban J connectivity index is 1.94. The summed E-state index contributed by atoms with van der Waals surface area (Å²) in [5.41, 5.74) is 7.63. The lowest BCUT2D eigenvalue weighted by atomic mass is 9.88. The van der Waals surface area contributed by atoms with E-state index in [1.54, 1.807) is 0 Å². The third-order valence-corrected chi connectivity index (χ3v) is 4.43. The van der Waals surface area contributed by atoms with Gasteiger partial charge in [0, 0.05) is 11.6 Å². The molecule has 1 saturated carbocycles. The normalized spacial score (nSPS) is 19.2. The van der Waals surface area contributed by atoms with E-state index in [-0.39, 0.29) is 6.04 Å². The lowest BCUT2D eigenvalue weighted by molar-refractivity contribution is 0.379. The van der Waals surface area contributed by atoms with Crippen molar-refractivity contribution in [3.8, 4) is 0 Å². The van der Waals surface area contributed by atoms with Crippen molar-refractivity contribution in [2.75, 3.05) is 0 Å². The van der Waals surface area contributed by atoms with Gasteiger partial charge in [0.25, 0.3) is 0 Å². The predicted molar refractivity (Wildman–Crippen MR) is 79.9 cm³/mol. The molecule has 2 heteroatoms. The molecule has 1 aliphatic carbocycles. The van der Waals surface area contributed by atoms with E-state index in [2.05, 4.69) is 35.3 Å². The zero-order valence-corrected chi connectivity index (χ0v) is 11.4. The molecule has 1 unspecified atom stereocenters. The number of pyridine rings is 1. The summed E-state index contributed by atoms with van der Waals surface area (Å²) in [5.74, 6) is 0.598.